The SMILES string of the molecule is CCN1CCCC(CNCC(=O)O)C1. The van der Waals surface area contributed by atoms with E-state index in [1.807, 2.05) is 0 Å². The molecule has 0 radical (unpaired) electrons. The molecule has 1 atom stereocenters. The number of carboxylic acids is 1. The lowest BCUT2D eigenvalue weighted by Gasteiger charge is -2.31. The molecule has 1 unspecified atom stereocenters. The molecule has 0 saturated carbocycles. The van der Waals surface area contributed by atoms with Gasteiger partial charge in [-0.05, 0) is 38.4 Å². The van der Waals surface area contributed by atoms with Crippen molar-refractivity contribution in [2.24, 2.45) is 5.92 Å². The molecular weight excluding hydrogens is 180 g/mol. The Morgan fingerprint density at radius 1 is 1.64 bits per heavy atom. The van der Waals surface area contributed by atoms with Gasteiger partial charge in [-0.2, -0.15) is 0 Å². The number of hydrogen-bond donors (Lipinski definition) is 2. The summed E-state index contributed by atoms with van der Waals surface area (Å²) in [5, 5.41) is 11.4. The van der Waals surface area contributed by atoms with Crippen LogP contribution in [0.5, 0.6) is 0 Å². The average Bonchev–Trinajstić information content (AvgIpc) is 2.18. The molecule has 14 heavy (non-hydrogen) atoms. The fraction of sp³-hybridized carbons (Fsp3) is 0.900. The van der Waals surface area contributed by atoms with E-state index in [4.69, 9.17) is 5.11 Å². The van der Waals surface area contributed by atoms with Gasteiger partial charge < -0.3 is 15.3 Å². The van der Waals surface area contributed by atoms with Crippen molar-refractivity contribution in [3.63, 3.8) is 0 Å². The molecule has 1 saturated heterocycles. The van der Waals surface area contributed by atoms with Crippen molar-refractivity contribution in [1.82, 2.24) is 10.2 Å². The summed E-state index contributed by atoms with van der Waals surface area (Å²) in [5.41, 5.74) is 0. The van der Waals surface area contributed by atoms with Gasteiger partial charge in [-0.25, -0.2) is 0 Å². The van der Waals surface area contributed by atoms with Crippen molar-refractivity contribution in [2.75, 3.05) is 32.7 Å². The smallest absolute Gasteiger partial charge is 0.317 e. The van der Waals surface area contributed by atoms with Crippen LogP contribution in [0.15, 0.2) is 0 Å². The molecule has 4 heteroatoms. The van der Waals surface area contributed by atoms with E-state index in [1.165, 1.54) is 19.4 Å². The fourth-order valence-electron chi connectivity index (χ4n) is 1.99. The summed E-state index contributed by atoms with van der Waals surface area (Å²) in [5.74, 6) is -0.142. The summed E-state index contributed by atoms with van der Waals surface area (Å²) >= 11 is 0. The van der Waals surface area contributed by atoms with Gasteiger partial charge in [0.15, 0.2) is 0 Å². The maximum atomic E-state index is 10.3. The van der Waals surface area contributed by atoms with Gasteiger partial charge in [0, 0.05) is 6.54 Å². The highest BCUT2D eigenvalue weighted by Gasteiger charge is 2.18. The summed E-state index contributed by atoms with van der Waals surface area (Å²) in [6.07, 6.45) is 2.47. The first-order valence-corrected chi connectivity index (χ1v) is 5.37. The molecule has 1 fully saturated rings. The quantitative estimate of drug-likeness (QED) is 0.674. The van der Waals surface area contributed by atoms with Crippen LogP contribution in [0.2, 0.25) is 0 Å². The number of rotatable bonds is 5. The lowest BCUT2D eigenvalue weighted by molar-refractivity contribution is -0.136. The minimum atomic E-state index is -0.770. The monoisotopic (exact) mass is 200 g/mol. The molecular formula is C10H20N2O2. The minimum Gasteiger partial charge on any atom is -0.480 e. The molecule has 0 bridgehead atoms. The molecule has 0 aliphatic carbocycles. The predicted octanol–water partition coefficient (Wildman–Crippen LogP) is 0.393. The Kier molecular flexibility index (Phi) is 4.90. The van der Waals surface area contributed by atoms with Crippen LogP contribution in [0.3, 0.4) is 0 Å². The zero-order chi connectivity index (χ0) is 10.4. The number of carboxylic acid groups (broad SMARTS) is 1. The molecule has 4 nitrogen and oxygen atoms in total. The van der Waals surface area contributed by atoms with Gasteiger partial charge >= 0.3 is 5.97 Å². The van der Waals surface area contributed by atoms with E-state index in [1.54, 1.807) is 0 Å². The van der Waals surface area contributed by atoms with Crippen LogP contribution in [0.25, 0.3) is 0 Å². The Bertz CT molecular complexity index is 185. The standard InChI is InChI=1S/C10H20N2O2/c1-2-12-5-3-4-9(8-12)6-11-7-10(13)14/h9,11H,2-8H2,1H3,(H,13,14). The van der Waals surface area contributed by atoms with Crippen LogP contribution in [-0.2, 0) is 4.79 Å². The topological polar surface area (TPSA) is 52.6 Å². The second-order valence-electron chi connectivity index (χ2n) is 3.93. The van der Waals surface area contributed by atoms with E-state index in [0.717, 1.165) is 19.6 Å². The number of nitrogens with one attached hydrogen (secondary N) is 1. The Hall–Kier alpha value is -0.610. The maximum absolute atomic E-state index is 10.3. The van der Waals surface area contributed by atoms with Crippen LogP contribution in [0.4, 0.5) is 0 Å². The number of piperidine rings is 1. The Balaban J connectivity index is 2.14. The summed E-state index contributed by atoms with van der Waals surface area (Å²) < 4.78 is 0. The molecule has 0 aromatic rings. The number of hydrogen-bond acceptors (Lipinski definition) is 3. The number of likely N-dealkylation sites (tertiary alicyclic amines) is 1. The minimum absolute atomic E-state index is 0.0859. The molecule has 1 heterocycles. The third kappa shape index (κ3) is 4.07. The van der Waals surface area contributed by atoms with E-state index in [0.29, 0.717) is 5.92 Å². The fourth-order valence-corrected chi connectivity index (χ4v) is 1.99. The normalized spacial score (nSPS) is 23.6. The van der Waals surface area contributed by atoms with E-state index < -0.39 is 5.97 Å². The van der Waals surface area contributed by atoms with Gasteiger partial charge in [0.25, 0.3) is 0 Å². The van der Waals surface area contributed by atoms with E-state index in [2.05, 4.69) is 17.1 Å². The highest BCUT2D eigenvalue weighted by Crippen LogP contribution is 2.14. The van der Waals surface area contributed by atoms with E-state index in [-0.39, 0.29) is 6.54 Å². The van der Waals surface area contributed by atoms with Gasteiger partial charge in [-0.15, -0.1) is 0 Å². The summed E-state index contributed by atoms with van der Waals surface area (Å²) in [4.78, 5) is 12.7. The predicted molar refractivity (Wildman–Crippen MR) is 55.3 cm³/mol. The van der Waals surface area contributed by atoms with Crippen LogP contribution < -0.4 is 5.32 Å². The maximum Gasteiger partial charge on any atom is 0.317 e. The molecule has 82 valence electrons. The zero-order valence-electron chi connectivity index (χ0n) is 8.83. The van der Waals surface area contributed by atoms with Gasteiger partial charge in [-0.3, -0.25) is 4.79 Å². The van der Waals surface area contributed by atoms with Crippen LogP contribution in [0, 0.1) is 5.92 Å². The summed E-state index contributed by atoms with van der Waals surface area (Å²) in [7, 11) is 0. The molecule has 1 aliphatic rings. The zero-order valence-corrected chi connectivity index (χ0v) is 8.83. The van der Waals surface area contributed by atoms with Gasteiger partial charge in [-0.1, -0.05) is 6.92 Å². The first-order valence-electron chi connectivity index (χ1n) is 5.37. The second kappa shape index (κ2) is 5.98. The van der Waals surface area contributed by atoms with Crippen molar-refractivity contribution in [3.8, 4) is 0 Å². The molecule has 2 N–H and O–H groups in total. The first-order chi connectivity index (χ1) is 6.72. The molecule has 1 rings (SSSR count). The van der Waals surface area contributed by atoms with Gasteiger partial charge in [0.05, 0.1) is 6.54 Å². The Labute approximate surface area is 85.3 Å². The third-order valence-corrected chi connectivity index (χ3v) is 2.76. The van der Waals surface area contributed by atoms with E-state index >= 15 is 0 Å². The third-order valence-electron chi connectivity index (χ3n) is 2.76. The van der Waals surface area contributed by atoms with Crippen molar-refractivity contribution < 1.29 is 9.90 Å². The molecule has 0 spiro atoms. The second-order valence-corrected chi connectivity index (χ2v) is 3.93. The van der Waals surface area contributed by atoms with Crippen LogP contribution >= 0.6 is 0 Å². The Morgan fingerprint density at radius 3 is 3.07 bits per heavy atom. The summed E-state index contributed by atoms with van der Waals surface area (Å²) in [6.45, 7) is 6.52. The molecule has 0 aromatic carbocycles. The summed E-state index contributed by atoms with van der Waals surface area (Å²) in [6, 6.07) is 0. The van der Waals surface area contributed by atoms with Crippen molar-refractivity contribution in [2.45, 2.75) is 19.8 Å². The average molecular weight is 200 g/mol. The number of aliphatic carboxylic acids is 1. The number of nitrogens with zero attached hydrogens (tertiary/aromatic N) is 1. The van der Waals surface area contributed by atoms with Crippen molar-refractivity contribution in [3.05, 3.63) is 0 Å². The number of carbonyl (C=O) groups is 1. The van der Waals surface area contributed by atoms with Crippen LogP contribution in [-0.4, -0.2) is 48.7 Å². The molecule has 0 aromatic heterocycles. The van der Waals surface area contributed by atoms with Crippen molar-refractivity contribution >= 4 is 5.97 Å². The van der Waals surface area contributed by atoms with Gasteiger partial charge in [0.2, 0.25) is 0 Å². The highest BCUT2D eigenvalue weighted by atomic mass is 16.4. The lowest BCUT2D eigenvalue weighted by atomic mass is 9.98. The Morgan fingerprint density at radius 2 is 2.43 bits per heavy atom. The molecule has 1 aliphatic heterocycles. The van der Waals surface area contributed by atoms with Crippen LogP contribution in [0.1, 0.15) is 19.8 Å². The highest BCUT2D eigenvalue weighted by molar-refractivity contribution is 5.68. The lowest BCUT2D eigenvalue weighted by Crippen LogP contribution is -2.40. The largest absolute Gasteiger partial charge is 0.480 e. The molecule has 0 amide bonds. The first kappa shape index (κ1) is 11.5. The van der Waals surface area contributed by atoms with Crippen molar-refractivity contribution in [1.29, 1.82) is 0 Å². The van der Waals surface area contributed by atoms with E-state index in [9.17, 15) is 4.79 Å². The van der Waals surface area contributed by atoms with Gasteiger partial charge in [0.1, 0.15) is 0 Å².